The third-order valence-electron chi connectivity index (χ3n) is 7.51. The van der Waals surface area contributed by atoms with E-state index >= 15 is 0 Å². The number of rotatable bonds is 4. The van der Waals surface area contributed by atoms with E-state index in [-0.39, 0.29) is 0 Å². The maximum atomic E-state index is 4.74. The molecule has 2 nitrogen and oxygen atoms in total. The Balaban J connectivity index is 1.34. The van der Waals surface area contributed by atoms with E-state index < -0.39 is 0 Å². The lowest BCUT2D eigenvalue weighted by Crippen LogP contribution is -2.48. The Morgan fingerprint density at radius 1 is 1.00 bits per heavy atom. The molecular weight excluding hydrogens is 328 g/mol. The van der Waals surface area contributed by atoms with Gasteiger partial charge in [-0.15, -0.1) is 0 Å². The second-order valence-electron chi connectivity index (χ2n) is 9.92. The van der Waals surface area contributed by atoms with Crippen LogP contribution in [0.4, 0.5) is 5.69 Å². The van der Waals surface area contributed by atoms with Gasteiger partial charge in [-0.25, -0.2) is 0 Å². The van der Waals surface area contributed by atoms with Gasteiger partial charge < -0.3 is 4.57 Å². The van der Waals surface area contributed by atoms with Gasteiger partial charge in [-0.1, -0.05) is 12.1 Å². The SMILES string of the molecule is Cc1cc(C=Nc2ccc(C34CC5CC(CC(C5)C3)C4)cc2)cn1C(C)C. The number of aliphatic imine (C=N–C) groups is 1. The minimum atomic E-state index is 0.489. The minimum Gasteiger partial charge on any atom is -0.349 e. The van der Waals surface area contributed by atoms with Crippen molar-refractivity contribution in [3.63, 3.8) is 0 Å². The zero-order valence-electron chi connectivity index (χ0n) is 17.0. The highest BCUT2D eigenvalue weighted by atomic mass is 15.0. The van der Waals surface area contributed by atoms with Crippen molar-refractivity contribution in [2.45, 2.75) is 70.8 Å². The molecule has 0 spiro atoms. The molecule has 0 radical (unpaired) electrons. The van der Waals surface area contributed by atoms with Gasteiger partial charge in [0.25, 0.3) is 0 Å². The average Bonchev–Trinajstić information content (AvgIpc) is 3.00. The van der Waals surface area contributed by atoms with Gasteiger partial charge in [-0.05, 0) is 106 Å². The number of nitrogens with zero attached hydrogens (tertiary/aromatic N) is 2. The van der Waals surface area contributed by atoms with Crippen LogP contribution in [0.2, 0.25) is 0 Å². The smallest absolute Gasteiger partial charge is 0.0630 e. The summed E-state index contributed by atoms with van der Waals surface area (Å²) >= 11 is 0. The third-order valence-corrected chi connectivity index (χ3v) is 7.51. The van der Waals surface area contributed by atoms with E-state index in [0.29, 0.717) is 11.5 Å². The molecule has 1 heterocycles. The van der Waals surface area contributed by atoms with Crippen LogP contribution in [0.5, 0.6) is 0 Å². The fourth-order valence-electron chi connectivity index (χ4n) is 6.76. The molecular formula is C25H32N2. The quantitative estimate of drug-likeness (QED) is 0.547. The molecule has 142 valence electrons. The normalized spacial score (nSPS) is 32.1. The zero-order valence-corrected chi connectivity index (χ0v) is 17.0. The first-order valence-electron chi connectivity index (χ1n) is 10.8. The largest absolute Gasteiger partial charge is 0.349 e. The first-order chi connectivity index (χ1) is 13.0. The van der Waals surface area contributed by atoms with E-state index in [2.05, 4.69) is 61.9 Å². The first-order valence-corrected chi connectivity index (χ1v) is 10.8. The summed E-state index contributed by atoms with van der Waals surface area (Å²) in [6.07, 6.45) is 13.0. The lowest BCUT2D eigenvalue weighted by molar-refractivity contribution is -0.00518. The lowest BCUT2D eigenvalue weighted by Gasteiger charge is -2.57. The average molecular weight is 361 g/mol. The fraction of sp³-hybridized carbons (Fsp3) is 0.560. The summed E-state index contributed by atoms with van der Waals surface area (Å²) in [7, 11) is 0. The Hall–Kier alpha value is -1.83. The van der Waals surface area contributed by atoms with E-state index in [1.54, 1.807) is 5.56 Å². The fourth-order valence-corrected chi connectivity index (χ4v) is 6.76. The third kappa shape index (κ3) is 3.07. The molecule has 4 saturated carbocycles. The molecule has 1 aromatic carbocycles. The molecule has 0 saturated heterocycles. The minimum absolute atomic E-state index is 0.489. The highest BCUT2D eigenvalue weighted by molar-refractivity contribution is 5.82. The number of benzene rings is 1. The van der Waals surface area contributed by atoms with Gasteiger partial charge in [-0.3, -0.25) is 4.99 Å². The van der Waals surface area contributed by atoms with E-state index in [9.17, 15) is 0 Å². The summed E-state index contributed by atoms with van der Waals surface area (Å²) in [5.74, 6) is 3.01. The van der Waals surface area contributed by atoms with Crippen molar-refractivity contribution in [3.05, 3.63) is 53.3 Å². The van der Waals surface area contributed by atoms with Crippen molar-refractivity contribution in [2.75, 3.05) is 0 Å². The maximum absolute atomic E-state index is 4.74. The number of hydrogen-bond donors (Lipinski definition) is 0. The molecule has 1 aromatic heterocycles. The molecule has 6 rings (SSSR count). The van der Waals surface area contributed by atoms with Crippen LogP contribution >= 0.6 is 0 Å². The van der Waals surface area contributed by atoms with Gasteiger partial charge in [0.15, 0.2) is 0 Å². The monoisotopic (exact) mass is 360 g/mol. The highest BCUT2D eigenvalue weighted by Gasteiger charge is 2.51. The van der Waals surface area contributed by atoms with Crippen LogP contribution in [0.25, 0.3) is 0 Å². The van der Waals surface area contributed by atoms with Crippen LogP contribution in [0, 0.1) is 24.7 Å². The second-order valence-corrected chi connectivity index (χ2v) is 9.92. The summed E-state index contributed by atoms with van der Waals surface area (Å²) in [4.78, 5) is 4.74. The zero-order chi connectivity index (χ0) is 18.6. The molecule has 4 fully saturated rings. The van der Waals surface area contributed by atoms with Crippen molar-refractivity contribution >= 4 is 11.9 Å². The summed E-state index contributed by atoms with van der Waals surface area (Å²) in [6, 6.07) is 11.9. The standard InChI is InChI=1S/C25H32N2/c1-17(2)27-16-22(8-18(27)3)15-26-24-6-4-23(5-7-24)25-12-19-9-20(13-25)11-21(10-19)14-25/h4-8,15-17,19-21H,9-14H2,1-3H3. The Labute approximate surface area is 163 Å². The summed E-state index contributed by atoms with van der Waals surface area (Å²) in [5, 5.41) is 0. The van der Waals surface area contributed by atoms with Crippen molar-refractivity contribution in [2.24, 2.45) is 22.7 Å². The molecule has 0 N–H and O–H groups in total. The van der Waals surface area contributed by atoms with E-state index in [1.165, 1.54) is 49.8 Å². The van der Waals surface area contributed by atoms with Crippen LogP contribution in [0.3, 0.4) is 0 Å². The molecule has 0 aliphatic heterocycles. The number of aryl methyl sites for hydroxylation is 1. The Morgan fingerprint density at radius 2 is 1.59 bits per heavy atom. The van der Waals surface area contributed by atoms with E-state index in [4.69, 9.17) is 4.99 Å². The van der Waals surface area contributed by atoms with Crippen LogP contribution in [-0.4, -0.2) is 10.8 Å². The van der Waals surface area contributed by atoms with Gasteiger partial charge >= 0.3 is 0 Å². The maximum Gasteiger partial charge on any atom is 0.0630 e. The summed E-state index contributed by atoms with van der Waals surface area (Å²) in [6.45, 7) is 6.60. The van der Waals surface area contributed by atoms with Crippen LogP contribution in [0.1, 0.15) is 75.2 Å². The first kappa shape index (κ1) is 17.3. The van der Waals surface area contributed by atoms with Gasteiger partial charge in [0.1, 0.15) is 0 Å². The van der Waals surface area contributed by atoms with E-state index in [1.807, 2.05) is 6.21 Å². The summed E-state index contributed by atoms with van der Waals surface area (Å²) < 4.78 is 2.30. The molecule has 4 bridgehead atoms. The van der Waals surface area contributed by atoms with Crippen molar-refractivity contribution in [1.82, 2.24) is 4.57 Å². The molecule has 0 atom stereocenters. The Morgan fingerprint density at radius 3 is 2.11 bits per heavy atom. The van der Waals surface area contributed by atoms with Gasteiger partial charge in [0.05, 0.1) is 5.69 Å². The molecule has 27 heavy (non-hydrogen) atoms. The number of aromatic nitrogens is 1. The van der Waals surface area contributed by atoms with Crippen LogP contribution < -0.4 is 0 Å². The second kappa shape index (κ2) is 6.36. The van der Waals surface area contributed by atoms with Gasteiger partial charge in [0.2, 0.25) is 0 Å². The van der Waals surface area contributed by atoms with Crippen LogP contribution in [-0.2, 0) is 5.41 Å². The molecule has 4 aliphatic carbocycles. The lowest BCUT2D eigenvalue weighted by atomic mass is 9.48. The van der Waals surface area contributed by atoms with E-state index in [0.717, 1.165) is 23.4 Å². The van der Waals surface area contributed by atoms with Crippen molar-refractivity contribution in [3.8, 4) is 0 Å². The van der Waals surface area contributed by atoms with Crippen molar-refractivity contribution in [1.29, 1.82) is 0 Å². The summed E-state index contributed by atoms with van der Waals surface area (Å²) in [5.41, 5.74) is 5.62. The molecule has 4 aliphatic rings. The molecule has 2 aromatic rings. The number of hydrogen-bond acceptors (Lipinski definition) is 1. The molecule has 2 heteroatoms. The van der Waals surface area contributed by atoms with Gasteiger partial charge in [0, 0.05) is 29.7 Å². The predicted octanol–water partition coefficient (Wildman–Crippen LogP) is 6.60. The predicted molar refractivity (Wildman–Crippen MR) is 113 cm³/mol. The topological polar surface area (TPSA) is 17.3 Å². The Kier molecular flexibility index (Phi) is 4.07. The molecule has 0 amide bonds. The molecule has 0 unspecified atom stereocenters. The van der Waals surface area contributed by atoms with Crippen LogP contribution in [0.15, 0.2) is 41.5 Å². The van der Waals surface area contributed by atoms with Crippen molar-refractivity contribution < 1.29 is 0 Å². The highest BCUT2D eigenvalue weighted by Crippen LogP contribution is 2.60. The Bertz CT molecular complexity index is 818. The van der Waals surface area contributed by atoms with Gasteiger partial charge in [-0.2, -0.15) is 0 Å².